The van der Waals surface area contributed by atoms with Gasteiger partial charge < -0.3 is 0 Å². The van der Waals surface area contributed by atoms with Gasteiger partial charge in [-0.05, 0) is 30.4 Å². The Labute approximate surface area is 79.0 Å². The third kappa shape index (κ3) is 2.64. The van der Waals surface area contributed by atoms with Crippen LogP contribution in [-0.4, -0.2) is 12.5 Å². The minimum absolute atomic E-state index is 0.184. The lowest BCUT2D eigenvalue weighted by Gasteiger charge is -2.02. The predicted octanol–water partition coefficient (Wildman–Crippen LogP) is 3.20. The van der Waals surface area contributed by atoms with Crippen molar-refractivity contribution in [2.45, 2.75) is 45.4 Å². The topological polar surface area (TPSA) is 17.1 Å². The zero-order valence-corrected chi connectivity index (χ0v) is 8.24. The Morgan fingerprint density at radius 1 is 1.31 bits per heavy atom. The number of allylic oxidation sites excluding steroid dienone is 2. The molecule has 0 aliphatic heterocycles. The van der Waals surface area contributed by atoms with E-state index in [0.29, 0.717) is 12.8 Å². The highest BCUT2D eigenvalue weighted by Crippen LogP contribution is 2.27. The van der Waals surface area contributed by atoms with Crippen LogP contribution in [0.2, 0.25) is 0 Å². The molecule has 0 radical (unpaired) electrons. The van der Waals surface area contributed by atoms with E-state index in [0.717, 1.165) is 36.8 Å². The molecule has 0 unspecified atom stereocenters. The number of Topliss-reactive ketones (excluding diaryl/α,β-unsaturated/α-hetero) is 1. The van der Waals surface area contributed by atoms with Crippen LogP contribution in [0.5, 0.6) is 0 Å². The Balaban J connectivity index is 2.48. The second kappa shape index (κ2) is 5.15. The van der Waals surface area contributed by atoms with Crippen LogP contribution in [0.4, 0.5) is 4.39 Å². The van der Waals surface area contributed by atoms with E-state index in [2.05, 4.69) is 6.92 Å². The van der Waals surface area contributed by atoms with Crippen LogP contribution < -0.4 is 0 Å². The van der Waals surface area contributed by atoms with Gasteiger partial charge in [-0.1, -0.05) is 19.8 Å². The molecule has 0 N–H and O–H groups in total. The summed E-state index contributed by atoms with van der Waals surface area (Å²) in [4.78, 5) is 11.3. The van der Waals surface area contributed by atoms with Gasteiger partial charge in [0.15, 0.2) is 5.78 Å². The van der Waals surface area contributed by atoms with Crippen molar-refractivity contribution >= 4 is 5.78 Å². The average molecular weight is 184 g/mol. The van der Waals surface area contributed by atoms with Crippen LogP contribution in [0.1, 0.15) is 45.4 Å². The summed E-state index contributed by atoms with van der Waals surface area (Å²) < 4.78 is 12.4. The first-order valence-corrected chi connectivity index (χ1v) is 5.09. The lowest BCUT2D eigenvalue weighted by atomic mass is 10.0. The van der Waals surface area contributed by atoms with Crippen molar-refractivity contribution in [2.24, 2.45) is 0 Å². The van der Waals surface area contributed by atoms with Crippen LogP contribution in [0, 0.1) is 0 Å². The van der Waals surface area contributed by atoms with Gasteiger partial charge in [0.25, 0.3) is 0 Å². The molecule has 0 bridgehead atoms. The number of unbranched alkanes of at least 4 members (excludes halogenated alkanes) is 2. The molecule has 0 spiro atoms. The smallest absolute Gasteiger partial charge is 0.159 e. The van der Waals surface area contributed by atoms with Crippen molar-refractivity contribution in [2.75, 3.05) is 6.67 Å². The number of halogens is 1. The summed E-state index contributed by atoms with van der Waals surface area (Å²) in [7, 11) is 0. The molecule has 1 nitrogen and oxygen atoms in total. The third-order valence-electron chi connectivity index (χ3n) is 2.61. The fourth-order valence-electron chi connectivity index (χ4n) is 1.78. The maximum Gasteiger partial charge on any atom is 0.159 e. The Kier molecular flexibility index (Phi) is 4.13. The minimum atomic E-state index is -0.423. The second-order valence-electron chi connectivity index (χ2n) is 3.60. The number of carbonyl (C=O) groups is 1. The molecular formula is C11H17FO. The van der Waals surface area contributed by atoms with E-state index in [1.165, 1.54) is 0 Å². The predicted molar refractivity (Wildman–Crippen MR) is 51.4 cm³/mol. The van der Waals surface area contributed by atoms with E-state index >= 15 is 0 Å². The first-order valence-electron chi connectivity index (χ1n) is 5.09. The average Bonchev–Trinajstić information content (AvgIpc) is 2.48. The van der Waals surface area contributed by atoms with Gasteiger partial charge in [-0.3, -0.25) is 4.79 Å². The van der Waals surface area contributed by atoms with Crippen LogP contribution in [0.3, 0.4) is 0 Å². The fourth-order valence-corrected chi connectivity index (χ4v) is 1.78. The molecule has 0 aromatic heterocycles. The molecule has 1 rings (SSSR count). The van der Waals surface area contributed by atoms with E-state index in [1.54, 1.807) is 0 Å². The van der Waals surface area contributed by atoms with Crippen molar-refractivity contribution in [3.63, 3.8) is 0 Å². The van der Waals surface area contributed by atoms with Crippen LogP contribution in [0.15, 0.2) is 11.1 Å². The number of rotatable bonds is 5. The largest absolute Gasteiger partial charge is 0.295 e. The van der Waals surface area contributed by atoms with Crippen molar-refractivity contribution in [3.05, 3.63) is 11.1 Å². The summed E-state index contributed by atoms with van der Waals surface area (Å²) in [5.74, 6) is 0.184. The molecule has 0 amide bonds. The molecule has 0 aromatic rings. The SMILES string of the molecule is CCCCCC1=C(CF)CCC1=O. The van der Waals surface area contributed by atoms with Gasteiger partial charge in [-0.15, -0.1) is 0 Å². The Morgan fingerprint density at radius 2 is 2.08 bits per heavy atom. The van der Waals surface area contributed by atoms with Gasteiger partial charge in [0.05, 0.1) is 0 Å². The molecule has 1 aliphatic rings. The zero-order chi connectivity index (χ0) is 9.68. The number of carbonyl (C=O) groups excluding carboxylic acids is 1. The van der Waals surface area contributed by atoms with E-state index in [4.69, 9.17) is 0 Å². The minimum Gasteiger partial charge on any atom is -0.295 e. The molecule has 0 saturated heterocycles. The summed E-state index contributed by atoms with van der Waals surface area (Å²) >= 11 is 0. The zero-order valence-electron chi connectivity index (χ0n) is 8.24. The van der Waals surface area contributed by atoms with Crippen molar-refractivity contribution in [1.29, 1.82) is 0 Å². The first-order chi connectivity index (χ1) is 6.29. The molecule has 1 aliphatic carbocycles. The molecule has 13 heavy (non-hydrogen) atoms. The van der Waals surface area contributed by atoms with Gasteiger partial charge in [-0.25, -0.2) is 4.39 Å². The van der Waals surface area contributed by atoms with Crippen LogP contribution >= 0.6 is 0 Å². The molecule has 0 fully saturated rings. The van der Waals surface area contributed by atoms with Crippen molar-refractivity contribution < 1.29 is 9.18 Å². The number of hydrogen-bond donors (Lipinski definition) is 0. The second-order valence-corrected chi connectivity index (χ2v) is 3.60. The number of alkyl halides is 1. The third-order valence-corrected chi connectivity index (χ3v) is 2.61. The van der Waals surface area contributed by atoms with Crippen molar-refractivity contribution in [1.82, 2.24) is 0 Å². The molecule has 0 aromatic carbocycles. The fraction of sp³-hybridized carbons (Fsp3) is 0.727. The molecule has 0 atom stereocenters. The van der Waals surface area contributed by atoms with Gasteiger partial charge in [0, 0.05) is 6.42 Å². The number of ketones is 1. The Hall–Kier alpha value is -0.660. The maximum absolute atomic E-state index is 12.4. The van der Waals surface area contributed by atoms with E-state index < -0.39 is 6.67 Å². The van der Waals surface area contributed by atoms with E-state index in [1.807, 2.05) is 0 Å². The van der Waals surface area contributed by atoms with Gasteiger partial charge in [0.2, 0.25) is 0 Å². The molecule has 2 heteroatoms. The molecule has 74 valence electrons. The summed E-state index contributed by atoms with van der Waals surface area (Å²) in [6, 6.07) is 0. The lowest BCUT2D eigenvalue weighted by molar-refractivity contribution is -0.115. The van der Waals surface area contributed by atoms with E-state index in [-0.39, 0.29) is 5.78 Å². The van der Waals surface area contributed by atoms with Crippen LogP contribution in [-0.2, 0) is 4.79 Å². The van der Waals surface area contributed by atoms with Gasteiger partial charge in [-0.2, -0.15) is 0 Å². The first kappa shape index (κ1) is 10.4. The monoisotopic (exact) mass is 184 g/mol. The summed E-state index contributed by atoms with van der Waals surface area (Å²) in [5.41, 5.74) is 1.57. The highest BCUT2D eigenvalue weighted by Gasteiger charge is 2.21. The Bertz CT molecular complexity index is 218. The molecular weight excluding hydrogens is 167 g/mol. The highest BCUT2D eigenvalue weighted by atomic mass is 19.1. The van der Waals surface area contributed by atoms with Crippen molar-refractivity contribution in [3.8, 4) is 0 Å². The highest BCUT2D eigenvalue weighted by molar-refractivity contribution is 5.98. The summed E-state index contributed by atoms with van der Waals surface area (Å²) in [6.07, 6.45) is 5.31. The molecule has 0 saturated carbocycles. The standard InChI is InChI=1S/C11H17FO/c1-2-3-4-5-10-9(8-12)6-7-11(10)13/h2-8H2,1H3. The van der Waals surface area contributed by atoms with Gasteiger partial charge >= 0.3 is 0 Å². The summed E-state index contributed by atoms with van der Waals surface area (Å²) in [6.45, 7) is 1.70. The van der Waals surface area contributed by atoms with Crippen LogP contribution in [0.25, 0.3) is 0 Å². The quantitative estimate of drug-likeness (QED) is 0.600. The van der Waals surface area contributed by atoms with E-state index in [9.17, 15) is 9.18 Å². The normalized spacial score (nSPS) is 17.2. The number of hydrogen-bond acceptors (Lipinski definition) is 1. The molecule has 0 heterocycles. The Morgan fingerprint density at radius 3 is 2.69 bits per heavy atom. The lowest BCUT2D eigenvalue weighted by Crippen LogP contribution is -1.97. The maximum atomic E-state index is 12.4. The van der Waals surface area contributed by atoms with Gasteiger partial charge in [0.1, 0.15) is 6.67 Å². The summed E-state index contributed by atoms with van der Waals surface area (Å²) in [5, 5.41) is 0.